The molecule has 0 aliphatic carbocycles. The van der Waals surface area contributed by atoms with Gasteiger partial charge in [-0.05, 0) is 54.8 Å². The molecule has 0 aliphatic rings. The van der Waals surface area contributed by atoms with Crippen molar-refractivity contribution in [2.24, 2.45) is 0 Å². The number of carbonyl (C=O) groups is 2. The summed E-state index contributed by atoms with van der Waals surface area (Å²) < 4.78 is 19.1. The quantitative estimate of drug-likeness (QED) is 0.309. The van der Waals surface area contributed by atoms with E-state index in [0.29, 0.717) is 11.3 Å². The zero-order valence-corrected chi connectivity index (χ0v) is 21.2. The standard InChI is InChI=1S/C18H16FNO.C9H7Cl2NO3/c1-11-6-7-13(14-5-4-8-20-18(11)14)15-9-12(2)16(19)10-17(15)21-3;10-5-2-1-3-6(11)8(5)9(15)12-4-7(13)14/h4-10H,1-3H3;1-3H,4H2,(H,12,15)(H,13,14). The number of rotatable bonds is 5. The van der Waals surface area contributed by atoms with Crippen LogP contribution in [0.5, 0.6) is 5.75 Å². The summed E-state index contributed by atoms with van der Waals surface area (Å²) in [6.45, 7) is 3.32. The monoisotopic (exact) mass is 528 g/mol. The van der Waals surface area contributed by atoms with E-state index < -0.39 is 18.4 Å². The van der Waals surface area contributed by atoms with E-state index in [9.17, 15) is 14.0 Å². The van der Waals surface area contributed by atoms with Crippen molar-refractivity contribution in [3.63, 3.8) is 0 Å². The van der Waals surface area contributed by atoms with Gasteiger partial charge in [0.15, 0.2) is 0 Å². The Hall–Kier alpha value is -3.68. The van der Waals surface area contributed by atoms with Crippen molar-refractivity contribution in [1.29, 1.82) is 0 Å². The first-order valence-corrected chi connectivity index (χ1v) is 11.5. The fraction of sp³-hybridized carbons (Fsp3) is 0.148. The Bertz CT molecular complexity index is 1420. The van der Waals surface area contributed by atoms with Crippen LogP contribution in [0, 0.1) is 19.7 Å². The number of aliphatic carboxylic acids is 1. The molecule has 36 heavy (non-hydrogen) atoms. The second-order valence-corrected chi connectivity index (χ2v) is 8.62. The van der Waals surface area contributed by atoms with Gasteiger partial charge in [0, 0.05) is 23.2 Å². The van der Waals surface area contributed by atoms with Gasteiger partial charge in [0.2, 0.25) is 0 Å². The minimum absolute atomic E-state index is 0.0853. The van der Waals surface area contributed by atoms with Gasteiger partial charge in [0.1, 0.15) is 18.1 Å². The lowest BCUT2D eigenvalue weighted by Gasteiger charge is -2.13. The van der Waals surface area contributed by atoms with Crippen molar-refractivity contribution in [3.8, 4) is 16.9 Å². The summed E-state index contributed by atoms with van der Waals surface area (Å²) in [5, 5.41) is 12.0. The number of aromatic nitrogens is 1. The number of hydrogen-bond acceptors (Lipinski definition) is 4. The van der Waals surface area contributed by atoms with Gasteiger partial charge in [-0.15, -0.1) is 0 Å². The van der Waals surface area contributed by atoms with Gasteiger partial charge in [0.25, 0.3) is 5.91 Å². The molecule has 1 aromatic heterocycles. The minimum Gasteiger partial charge on any atom is -0.496 e. The lowest BCUT2D eigenvalue weighted by Crippen LogP contribution is -2.29. The molecule has 4 aromatic rings. The summed E-state index contributed by atoms with van der Waals surface area (Å²) in [6, 6.07) is 15.9. The molecule has 0 radical (unpaired) electrons. The van der Waals surface area contributed by atoms with Crippen LogP contribution >= 0.6 is 23.2 Å². The molecule has 186 valence electrons. The maximum atomic E-state index is 13.7. The number of carboxylic acid groups (broad SMARTS) is 1. The van der Waals surface area contributed by atoms with Crippen molar-refractivity contribution in [2.75, 3.05) is 13.7 Å². The summed E-state index contributed by atoms with van der Waals surface area (Å²) in [7, 11) is 1.56. The van der Waals surface area contributed by atoms with E-state index in [1.54, 1.807) is 26.3 Å². The maximum Gasteiger partial charge on any atom is 0.322 e. The number of carbonyl (C=O) groups excluding carboxylic acids is 1. The molecule has 0 bridgehead atoms. The number of nitrogens with zero attached hydrogens (tertiary/aromatic N) is 1. The highest BCUT2D eigenvalue weighted by Crippen LogP contribution is 2.37. The van der Waals surface area contributed by atoms with Crippen LogP contribution in [-0.4, -0.2) is 35.6 Å². The van der Waals surface area contributed by atoms with E-state index >= 15 is 0 Å². The highest BCUT2D eigenvalue weighted by atomic mass is 35.5. The molecule has 0 saturated heterocycles. The molecule has 0 fully saturated rings. The number of fused-ring (bicyclic) bond motifs is 1. The second kappa shape index (κ2) is 11.8. The largest absolute Gasteiger partial charge is 0.496 e. The van der Waals surface area contributed by atoms with Crippen molar-refractivity contribution in [1.82, 2.24) is 10.3 Å². The predicted molar refractivity (Wildman–Crippen MR) is 140 cm³/mol. The molecule has 1 amide bonds. The average Bonchev–Trinajstić information content (AvgIpc) is 2.85. The fourth-order valence-electron chi connectivity index (χ4n) is 3.55. The summed E-state index contributed by atoms with van der Waals surface area (Å²) in [5.41, 5.74) is 4.65. The van der Waals surface area contributed by atoms with Crippen LogP contribution in [0.15, 0.2) is 60.8 Å². The SMILES string of the molecule is COc1cc(F)c(C)cc1-c1ccc(C)c2ncccc12.O=C(O)CNC(=O)c1c(Cl)cccc1Cl. The predicted octanol–water partition coefficient (Wildman–Crippen LogP) is 6.47. The summed E-state index contributed by atoms with van der Waals surface area (Å²) in [6.07, 6.45) is 1.78. The summed E-state index contributed by atoms with van der Waals surface area (Å²) in [5.74, 6) is -1.46. The van der Waals surface area contributed by atoms with Crippen molar-refractivity contribution in [2.45, 2.75) is 13.8 Å². The van der Waals surface area contributed by atoms with Crippen LogP contribution in [0.25, 0.3) is 22.0 Å². The number of benzene rings is 3. The lowest BCUT2D eigenvalue weighted by atomic mass is 9.96. The van der Waals surface area contributed by atoms with Crippen LogP contribution < -0.4 is 10.1 Å². The highest BCUT2D eigenvalue weighted by molar-refractivity contribution is 6.39. The number of halogens is 3. The molecule has 0 unspecified atom stereocenters. The number of methoxy groups -OCH3 is 1. The molecular weight excluding hydrogens is 506 g/mol. The Labute approximate surface area is 217 Å². The highest BCUT2D eigenvalue weighted by Gasteiger charge is 2.15. The van der Waals surface area contributed by atoms with Gasteiger partial charge < -0.3 is 15.2 Å². The van der Waals surface area contributed by atoms with Gasteiger partial charge in [-0.3, -0.25) is 14.6 Å². The van der Waals surface area contributed by atoms with Crippen molar-refractivity contribution >= 4 is 46.0 Å². The molecule has 2 N–H and O–H groups in total. The van der Waals surface area contributed by atoms with E-state index in [1.165, 1.54) is 18.2 Å². The molecule has 4 rings (SSSR count). The number of amides is 1. The first-order valence-electron chi connectivity index (χ1n) is 10.8. The number of carboxylic acids is 1. The Morgan fingerprint density at radius 2 is 1.69 bits per heavy atom. The number of aryl methyl sites for hydroxylation is 2. The molecule has 0 saturated carbocycles. The topological polar surface area (TPSA) is 88.5 Å². The van der Waals surface area contributed by atoms with Crippen LogP contribution in [0.1, 0.15) is 21.5 Å². The Balaban J connectivity index is 0.000000214. The van der Waals surface area contributed by atoms with Crippen LogP contribution in [0.4, 0.5) is 4.39 Å². The molecule has 0 atom stereocenters. The second-order valence-electron chi connectivity index (χ2n) is 7.80. The zero-order chi connectivity index (χ0) is 26.4. The number of nitrogens with one attached hydrogen (secondary N) is 1. The molecule has 9 heteroatoms. The molecule has 0 aliphatic heterocycles. The summed E-state index contributed by atoms with van der Waals surface area (Å²) in [4.78, 5) is 26.1. The third-order valence-electron chi connectivity index (χ3n) is 5.33. The average molecular weight is 529 g/mol. The van der Waals surface area contributed by atoms with Crippen LogP contribution in [-0.2, 0) is 4.79 Å². The van der Waals surface area contributed by atoms with Gasteiger partial charge in [0.05, 0.1) is 28.2 Å². The normalized spacial score (nSPS) is 10.4. The van der Waals surface area contributed by atoms with E-state index in [-0.39, 0.29) is 21.4 Å². The molecular formula is C27H23Cl2FN2O4. The smallest absolute Gasteiger partial charge is 0.322 e. The van der Waals surface area contributed by atoms with Crippen molar-refractivity contribution < 1.29 is 23.8 Å². The summed E-state index contributed by atoms with van der Waals surface area (Å²) >= 11 is 11.5. The minimum atomic E-state index is -1.13. The Kier molecular flexibility index (Phi) is 8.85. The Morgan fingerprint density at radius 3 is 2.33 bits per heavy atom. The maximum absolute atomic E-state index is 13.7. The third-order valence-corrected chi connectivity index (χ3v) is 5.96. The van der Waals surface area contributed by atoms with Gasteiger partial charge in [-0.25, -0.2) is 4.39 Å². The third kappa shape index (κ3) is 6.11. The van der Waals surface area contributed by atoms with Gasteiger partial charge in [-0.1, -0.05) is 47.5 Å². The number of hydrogen-bond donors (Lipinski definition) is 2. The van der Waals surface area contributed by atoms with Gasteiger partial charge in [-0.2, -0.15) is 0 Å². The number of pyridine rings is 1. The molecule has 1 heterocycles. The van der Waals surface area contributed by atoms with E-state index in [4.69, 9.17) is 33.0 Å². The van der Waals surface area contributed by atoms with E-state index in [2.05, 4.69) is 10.3 Å². The Morgan fingerprint density at radius 1 is 1.00 bits per heavy atom. The number of ether oxygens (including phenoxy) is 1. The van der Waals surface area contributed by atoms with Gasteiger partial charge >= 0.3 is 5.97 Å². The van der Waals surface area contributed by atoms with Crippen molar-refractivity contribution in [3.05, 3.63) is 93.3 Å². The van der Waals surface area contributed by atoms with E-state index in [1.807, 2.05) is 37.3 Å². The van der Waals surface area contributed by atoms with E-state index in [0.717, 1.165) is 27.6 Å². The molecule has 3 aromatic carbocycles. The molecule has 0 spiro atoms. The zero-order valence-electron chi connectivity index (χ0n) is 19.7. The first-order chi connectivity index (χ1) is 17.1. The van der Waals surface area contributed by atoms with Crippen LogP contribution in [0.3, 0.4) is 0 Å². The fourth-order valence-corrected chi connectivity index (χ4v) is 4.12. The first kappa shape index (κ1) is 26.9. The lowest BCUT2D eigenvalue weighted by molar-refractivity contribution is -0.135. The van der Waals surface area contributed by atoms with Crippen LogP contribution in [0.2, 0.25) is 10.0 Å². The molecule has 6 nitrogen and oxygen atoms in total.